The lowest BCUT2D eigenvalue weighted by atomic mass is 10.4. The van der Waals surface area contributed by atoms with Crippen molar-refractivity contribution in [2.45, 2.75) is 11.8 Å². The summed E-state index contributed by atoms with van der Waals surface area (Å²) in [7, 11) is -3.77. The fraction of sp³-hybridized carbons (Fsp3) is 0.0833. The van der Waals surface area contributed by atoms with Crippen LogP contribution >= 0.6 is 15.9 Å². The molecular weight excluding hydrogens is 344 g/mol. The molecule has 0 fully saturated rings. The Labute approximate surface area is 124 Å². The van der Waals surface area contributed by atoms with Crippen LogP contribution in [0.25, 0.3) is 0 Å². The minimum Gasteiger partial charge on any atom is -0.263 e. The number of nitrogens with one attached hydrogen (secondary N) is 1. The van der Waals surface area contributed by atoms with Crippen LogP contribution < -0.4 is 4.72 Å². The van der Waals surface area contributed by atoms with Gasteiger partial charge in [0.2, 0.25) is 0 Å². The maximum atomic E-state index is 12.1. The molecule has 102 valence electrons. The Morgan fingerprint density at radius 2 is 2.05 bits per heavy atom. The summed E-state index contributed by atoms with van der Waals surface area (Å²) in [4.78, 5) is 7.81. The second-order valence-corrected chi connectivity index (χ2v) is 6.40. The summed E-state index contributed by atoms with van der Waals surface area (Å²) in [5.74, 6) is 0.218. The first-order valence-electron chi connectivity index (χ1n) is 5.44. The SMILES string of the molecule is Cc1nc(NS(=O)(=O)c2ccc(C#N)nc2)ccc1Br. The first kappa shape index (κ1) is 14.4. The van der Waals surface area contributed by atoms with Gasteiger partial charge in [-0.05, 0) is 47.1 Å². The average Bonchev–Trinajstić information content (AvgIpc) is 2.43. The van der Waals surface area contributed by atoms with E-state index in [0.717, 1.165) is 10.7 Å². The minimum absolute atomic E-state index is 0.0288. The van der Waals surface area contributed by atoms with Crippen LogP contribution in [0.15, 0.2) is 39.8 Å². The van der Waals surface area contributed by atoms with Crippen LogP contribution in [0.3, 0.4) is 0 Å². The topological polar surface area (TPSA) is 95.7 Å². The zero-order valence-corrected chi connectivity index (χ0v) is 12.7. The highest BCUT2D eigenvalue weighted by molar-refractivity contribution is 9.10. The van der Waals surface area contributed by atoms with Crippen molar-refractivity contribution in [2.75, 3.05) is 4.72 Å². The van der Waals surface area contributed by atoms with Crippen LogP contribution in [-0.2, 0) is 10.0 Å². The number of nitriles is 1. The van der Waals surface area contributed by atoms with Crippen molar-refractivity contribution in [1.82, 2.24) is 9.97 Å². The Morgan fingerprint density at radius 3 is 2.60 bits per heavy atom. The third-order valence-electron chi connectivity index (χ3n) is 2.42. The number of aryl methyl sites for hydroxylation is 1. The monoisotopic (exact) mass is 352 g/mol. The Bertz CT molecular complexity index is 782. The van der Waals surface area contributed by atoms with Crippen LogP contribution in [0, 0.1) is 18.3 Å². The fourth-order valence-electron chi connectivity index (χ4n) is 1.40. The van der Waals surface area contributed by atoms with Gasteiger partial charge in [0.05, 0.1) is 5.69 Å². The predicted molar refractivity (Wildman–Crippen MR) is 76.4 cm³/mol. The molecule has 0 aromatic carbocycles. The second kappa shape index (κ2) is 5.56. The molecule has 0 saturated heterocycles. The smallest absolute Gasteiger partial charge is 0.263 e. The third kappa shape index (κ3) is 3.12. The van der Waals surface area contributed by atoms with Crippen molar-refractivity contribution < 1.29 is 8.42 Å². The summed E-state index contributed by atoms with van der Waals surface area (Å²) in [6.45, 7) is 1.76. The molecular formula is C12H9BrN4O2S. The van der Waals surface area contributed by atoms with E-state index in [0.29, 0.717) is 5.69 Å². The number of nitrogens with zero attached hydrogens (tertiary/aromatic N) is 3. The first-order chi connectivity index (χ1) is 9.42. The molecule has 6 nitrogen and oxygen atoms in total. The van der Waals surface area contributed by atoms with Gasteiger partial charge in [0.25, 0.3) is 10.0 Å². The van der Waals surface area contributed by atoms with Gasteiger partial charge in [0, 0.05) is 10.7 Å². The zero-order chi connectivity index (χ0) is 14.8. The number of sulfonamides is 1. The van der Waals surface area contributed by atoms with Crippen LogP contribution in [0.2, 0.25) is 0 Å². The summed E-state index contributed by atoms with van der Waals surface area (Å²) >= 11 is 3.29. The third-order valence-corrected chi connectivity index (χ3v) is 4.60. The molecule has 8 heteroatoms. The largest absolute Gasteiger partial charge is 0.264 e. The highest BCUT2D eigenvalue weighted by Gasteiger charge is 2.15. The van der Waals surface area contributed by atoms with Gasteiger partial charge in [-0.15, -0.1) is 0 Å². The van der Waals surface area contributed by atoms with Gasteiger partial charge in [-0.1, -0.05) is 0 Å². The molecule has 2 rings (SSSR count). The molecule has 0 amide bonds. The Hall–Kier alpha value is -1.98. The number of hydrogen-bond donors (Lipinski definition) is 1. The fourth-order valence-corrected chi connectivity index (χ4v) is 2.57. The molecule has 2 aromatic rings. The van der Waals surface area contributed by atoms with Crippen molar-refractivity contribution in [3.8, 4) is 6.07 Å². The Balaban J connectivity index is 2.30. The predicted octanol–water partition coefficient (Wildman–Crippen LogP) is 2.22. The van der Waals surface area contributed by atoms with Gasteiger partial charge >= 0.3 is 0 Å². The van der Waals surface area contributed by atoms with Gasteiger partial charge in [-0.25, -0.2) is 18.4 Å². The van der Waals surface area contributed by atoms with E-state index in [-0.39, 0.29) is 16.4 Å². The Morgan fingerprint density at radius 1 is 1.30 bits per heavy atom. The number of rotatable bonds is 3. The molecule has 0 bridgehead atoms. The second-order valence-electron chi connectivity index (χ2n) is 3.86. The van der Waals surface area contributed by atoms with Crippen molar-refractivity contribution in [2.24, 2.45) is 0 Å². The van der Waals surface area contributed by atoms with E-state index in [2.05, 4.69) is 30.6 Å². The summed E-state index contributed by atoms with van der Waals surface area (Å²) < 4.78 is 27.4. The average molecular weight is 353 g/mol. The minimum atomic E-state index is -3.77. The van der Waals surface area contributed by atoms with E-state index in [1.165, 1.54) is 12.1 Å². The van der Waals surface area contributed by atoms with Crippen LogP contribution in [0.5, 0.6) is 0 Å². The van der Waals surface area contributed by atoms with E-state index in [4.69, 9.17) is 5.26 Å². The molecule has 0 atom stereocenters. The van der Waals surface area contributed by atoms with E-state index in [9.17, 15) is 8.42 Å². The Kier molecular flexibility index (Phi) is 4.01. The van der Waals surface area contributed by atoms with Crippen molar-refractivity contribution in [3.05, 3.63) is 46.3 Å². The summed E-state index contributed by atoms with van der Waals surface area (Å²) in [6.07, 6.45) is 1.13. The highest BCUT2D eigenvalue weighted by atomic mass is 79.9. The van der Waals surface area contributed by atoms with Gasteiger partial charge in [-0.2, -0.15) is 5.26 Å². The van der Waals surface area contributed by atoms with E-state index < -0.39 is 10.0 Å². The molecule has 0 aliphatic heterocycles. The maximum Gasteiger partial charge on any atom is 0.264 e. The summed E-state index contributed by atoms with van der Waals surface area (Å²) in [5, 5.41) is 8.63. The molecule has 2 aromatic heterocycles. The normalized spacial score (nSPS) is 10.8. The maximum absolute atomic E-state index is 12.1. The highest BCUT2D eigenvalue weighted by Crippen LogP contribution is 2.19. The van der Waals surface area contributed by atoms with E-state index in [1.54, 1.807) is 19.1 Å². The summed E-state index contributed by atoms with van der Waals surface area (Å²) in [6, 6.07) is 7.74. The number of pyridine rings is 2. The first-order valence-corrected chi connectivity index (χ1v) is 7.72. The molecule has 1 N–H and O–H groups in total. The van der Waals surface area contributed by atoms with E-state index >= 15 is 0 Å². The molecule has 2 heterocycles. The van der Waals surface area contributed by atoms with Gasteiger partial charge in [0.15, 0.2) is 0 Å². The van der Waals surface area contributed by atoms with Crippen LogP contribution in [0.1, 0.15) is 11.4 Å². The van der Waals surface area contributed by atoms with Gasteiger partial charge < -0.3 is 0 Å². The van der Waals surface area contributed by atoms with Crippen molar-refractivity contribution in [1.29, 1.82) is 5.26 Å². The number of halogens is 1. The van der Waals surface area contributed by atoms with Crippen LogP contribution in [0.4, 0.5) is 5.82 Å². The number of anilines is 1. The lowest BCUT2D eigenvalue weighted by Gasteiger charge is -2.08. The zero-order valence-electron chi connectivity index (χ0n) is 10.3. The molecule has 20 heavy (non-hydrogen) atoms. The van der Waals surface area contributed by atoms with Crippen molar-refractivity contribution >= 4 is 31.8 Å². The number of hydrogen-bond acceptors (Lipinski definition) is 5. The van der Waals surface area contributed by atoms with Crippen LogP contribution in [-0.4, -0.2) is 18.4 Å². The summed E-state index contributed by atoms with van der Waals surface area (Å²) in [5.41, 5.74) is 0.824. The van der Waals surface area contributed by atoms with Gasteiger partial charge in [0.1, 0.15) is 22.5 Å². The van der Waals surface area contributed by atoms with Gasteiger partial charge in [-0.3, -0.25) is 4.72 Å². The standard InChI is InChI=1S/C12H9BrN4O2S/c1-8-11(13)4-5-12(16-8)17-20(18,19)10-3-2-9(6-14)15-7-10/h2-5,7H,1H3,(H,16,17). The molecule has 0 unspecified atom stereocenters. The molecule has 0 aliphatic carbocycles. The molecule has 0 spiro atoms. The number of aromatic nitrogens is 2. The lowest BCUT2D eigenvalue weighted by molar-refractivity contribution is 0.600. The lowest BCUT2D eigenvalue weighted by Crippen LogP contribution is -2.14. The molecule has 0 aliphatic rings. The molecule has 0 saturated carbocycles. The quantitative estimate of drug-likeness (QED) is 0.913. The molecule has 0 radical (unpaired) electrons. The van der Waals surface area contributed by atoms with Crippen molar-refractivity contribution in [3.63, 3.8) is 0 Å². The van der Waals surface area contributed by atoms with E-state index in [1.807, 2.05) is 6.07 Å².